The molecule has 0 saturated heterocycles. The summed E-state index contributed by atoms with van der Waals surface area (Å²) >= 11 is -1.22. The van der Waals surface area contributed by atoms with Crippen molar-refractivity contribution in [2.45, 2.75) is 78.9 Å². The molecule has 113 valence electrons. The van der Waals surface area contributed by atoms with Crippen molar-refractivity contribution in [2.24, 2.45) is 5.92 Å². The van der Waals surface area contributed by atoms with E-state index in [1.807, 2.05) is 3.88 Å². The SMILES string of the molecule is CC1=C(C)C(C)[C]([Ti]([NH]C2CCCCC2)[SiH](C)C)=C1C. The van der Waals surface area contributed by atoms with Gasteiger partial charge in [-0.05, 0) is 0 Å². The van der Waals surface area contributed by atoms with Crippen LogP contribution in [0, 0.1) is 5.92 Å². The Hall–Kier alpha value is 0.371. The first-order valence-electron chi connectivity index (χ1n) is 8.45. The van der Waals surface area contributed by atoms with Crippen molar-refractivity contribution in [3.63, 3.8) is 0 Å². The summed E-state index contributed by atoms with van der Waals surface area (Å²) in [6.07, 6.45) is 7.23. The summed E-state index contributed by atoms with van der Waals surface area (Å²) in [4.78, 5) is 0. The van der Waals surface area contributed by atoms with E-state index in [1.165, 1.54) is 32.1 Å². The van der Waals surface area contributed by atoms with E-state index in [9.17, 15) is 0 Å². The van der Waals surface area contributed by atoms with Crippen molar-refractivity contribution < 1.29 is 17.4 Å². The standard InChI is InChI=1S/C9H13.C6H12N.C2H7Si.Ti/c1-6-5-7(2)9(4)8(6)3;7-6-4-2-1-3-5-6;1-3-2;/h6H,1-4H3;6-7H,1-5H2;3H,1-2H3;/q;-1;;+1. The van der Waals surface area contributed by atoms with Crippen molar-refractivity contribution in [1.82, 2.24) is 3.80 Å². The number of allylic oxidation sites excluding steroid dienone is 4. The Labute approximate surface area is 133 Å². The van der Waals surface area contributed by atoms with Crippen LogP contribution in [-0.2, 0) is 17.4 Å². The van der Waals surface area contributed by atoms with E-state index in [-0.39, 0.29) is 0 Å². The normalized spacial score (nSPS) is 25.1. The van der Waals surface area contributed by atoms with Crippen LogP contribution in [0.2, 0.25) is 13.1 Å². The Morgan fingerprint density at radius 2 is 1.60 bits per heavy atom. The summed E-state index contributed by atoms with van der Waals surface area (Å²) in [6, 6.07) is 0.849. The fourth-order valence-corrected chi connectivity index (χ4v) is 15.5. The van der Waals surface area contributed by atoms with E-state index in [0.717, 1.165) is 12.0 Å². The van der Waals surface area contributed by atoms with Gasteiger partial charge in [0, 0.05) is 0 Å². The molecule has 2 aliphatic rings. The number of rotatable bonds is 4. The van der Waals surface area contributed by atoms with Crippen LogP contribution in [0.15, 0.2) is 20.6 Å². The van der Waals surface area contributed by atoms with Crippen LogP contribution < -0.4 is 3.80 Å². The average Bonchev–Trinajstić information content (AvgIpc) is 2.62. The molecule has 0 bridgehead atoms. The van der Waals surface area contributed by atoms with Gasteiger partial charge in [0.1, 0.15) is 0 Å². The molecular weight excluding hydrogens is 294 g/mol. The zero-order chi connectivity index (χ0) is 14.9. The summed E-state index contributed by atoms with van der Waals surface area (Å²) < 4.78 is 6.14. The molecule has 0 spiro atoms. The van der Waals surface area contributed by atoms with Gasteiger partial charge in [0.15, 0.2) is 0 Å². The van der Waals surface area contributed by atoms with E-state index in [1.54, 1.807) is 16.7 Å². The Kier molecular flexibility index (Phi) is 5.93. The predicted octanol–water partition coefficient (Wildman–Crippen LogP) is 4.69. The summed E-state index contributed by atoms with van der Waals surface area (Å²) in [5.41, 5.74) is 4.90. The van der Waals surface area contributed by atoms with Gasteiger partial charge in [-0.3, -0.25) is 0 Å². The summed E-state index contributed by atoms with van der Waals surface area (Å²) in [6.45, 7) is 14.1. The van der Waals surface area contributed by atoms with Gasteiger partial charge in [0.2, 0.25) is 0 Å². The molecule has 1 atom stereocenters. The molecule has 0 amide bonds. The maximum absolute atomic E-state index is 4.24. The van der Waals surface area contributed by atoms with Gasteiger partial charge in [-0.2, -0.15) is 0 Å². The summed E-state index contributed by atoms with van der Waals surface area (Å²) in [5.74, 6) is 0.732. The van der Waals surface area contributed by atoms with Crippen molar-refractivity contribution in [1.29, 1.82) is 0 Å². The van der Waals surface area contributed by atoms with Gasteiger partial charge in [-0.25, -0.2) is 0 Å². The first kappa shape index (κ1) is 16.7. The van der Waals surface area contributed by atoms with Crippen LogP contribution in [0.25, 0.3) is 0 Å². The zero-order valence-electron chi connectivity index (χ0n) is 14.3. The second kappa shape index (κ2) is 7.09. The van der Waals surface area contributed by atoms with Gasteiger partial charge in [-0.1, -0.05) is 0 Å². The minimum atomic E-state index is -1.22. The van der Waals surface area contributed by atoms with E-state index >= 15 is 0 Å². The molecule has 0 aliphatic heterocycles. The fourth-order valence-electron chi connectivity index (χ4n) is 3.82. The Balaban J connectivity index is 2.17. The molecule has 1 unspecified atom stereocenters. The molecule has 1 N–H and O–H groups in total. The van der Waals surface area contributed by atoms with Crippen molar-refractivity contribution >= 4 is 6.66 Å². The molecule has 0 aromatic carbocycles. The molecule has 1 fully saturated rings. The van der Waals surface area contributed by atoms with E-state index in [0.29, 0.717) is 0 Å². The first-order valence-corrected chi connectivity index (χ1v) is 15.6. The summed E-state index contributed by atoms with van der Waals surface area (Å²) in [5, 5.41) is 0. The molecular formula is C17H32NSiTi. The molecule has 0 radical (unpaired) electrons. The third-order valence-corrected chi connectivity index (χ3v) is 17.3. The second-order valence-electron chi connectivity index (χ2n) is 7.12. The quantitative estimate of drug-likeness (QED) is 0.739. The van der Waals surface area contributed by atoms with Crippen molar-refractivity contribution in [3.8, 4) is 0 Å². The van der Waals surface area contributed by atoms with Crippen LogP contribution in [-0.4, -0.2) is 12.7 Å². The average molecular weight is 326 g/mol. The minimum absolute atomic E-state index is 0.570. The third-order valence-electron chi connectivity index (χ3n) is 5.47. The Morgan fingerprint density at radius 1 is 1.00 bits per heavy atom. The molecule has 20 heavy (non-hydrogen) atoms. The van der Waals surface area contributed by atoms with Crippen LogP contribution >= 0.6 is 0 Å². The Bertz CT molecular complexity index is 419. The van der Waals surface area contributed by atoms with Crippen molar-refractivity contribution in [3.05, 3.63) is 20.6 Å². The predicted molar refractivity (Wildman–Crippen MR) is 89.1 cm³/mol. The van der Waals surface area contributed by atoms with Crippen molar-refractivity contribution in [2.75, 3.05) is 0 Å². The molecule has 3 heteroatoms. The van der Waals surface area contributed by atoms with E-state index < -0.39 is 24.0 Å². The van der Waals surface area contributed by atoms with Gasteiger partial charge in [0.25, 0.3) is 0 Å². The zero-order valence-corrected chi connectivity index (χ0v) is 17.0. The molecule has 2 aliphatic carbocycles. The van der Waals surface area contributed by atoms with Crippen LogP contribution in [0.3, 0.4) is 0 Å². The third kappa shape index (κ3) is 3.40. The van der Waals surface area contributed by atoms with Gasteiger partial charge >= 0.3 is 133 Å². The number of nitrogens with one attached hydrogen (secondary N) is 1. The summed E-state index contributed by atoms with van der Waals surface area (Å²) in [7, 11) is 0. The molecule has 0 aromatic rings. The molecule has 0 heterocycles. The monoisotopic (exact) mass is 326 g/mol. The van der Waals surface area contributed by atoms with Crippen LogP contribution in [0.5, 0.6) is 0 Å². The van der Waals surface area contributed by atoms with Gasteiger partial charge in [-0.15, -0.1) is 0 Å². The maximum atomic E-state index is 4.24. The molecule has 2 rings (SSSR count). The van der Waals surface area contributed by atoms with Gasteiger partial charge in [0.05, 0.1) is 0 Å². The number of hydrogen-bond donors (Lipinski definition) is 1. The molecule has 1 saturated carbocycles. The fraction of sp³-hybridized carbons (Fsp3) is 0.765. The Morgan fingerprint density at radius 3 is 2.05 bits per heavy atom. The number of hydrogen-bond acceptors (Lipinski definition) is 1. The molecule has 1 nitrogen and oxygen atoms in total. The van der Waals surface area contributed by atoms with Gasteiger partial charge < -0.3 is 0 Å². The topological polar surface area (TPSA) is 12.0 Å². The molecule has 0 aromatic heterocycles. The van der Waals surface area contributed by atoms with Crippen LogP contribution in [0.4, 0.5) is 0 Å². The van der Waals surface area contributed by atoms with E-state index in [4.69, 9.17) is 0 Å². The van der Waals surface area contributed by atoms with Crippen LogP contribution in [0.1, 0.15) is 59.8 Å². The van der Waals surface area contributed by atoms with E-state index in [2.05, 4.69) is 44.6 Å². The first-order chi connectivity index (χ1) is 9.43. The second-order valence-corrected chi connectivity index (χ2v) is 19.8.